The highest BCUT2D eigenvalue weighted by atomic mass is 79.9. The summed E-state index contributed by atoms with van der Waals surface area (Å²) in [5.74, 6) is 0.623. The molecule has 1 atom stereocenters. The number of allylic oxidation sites excluding steroid dienone is 1. The Morgan fingerprint density at radius 2 is 2.44 bits per heavy atom. The van der Waals surface area contributed by atoms with Crippen LogP contribution >= 0.6 is 15.9 Å². The van der Waals surface area contributed by atoms with Crippen molar-refractivity contribution in [3.63, 3.8) is 0 Å². The van der Waals surface area contributed by atoms with Crippen LogP contribution in [0.25, 0.3) is 0 Å². The predicted octanol–water partition coefficient (Wildman–Crippen LogP) is 1.34. The molecule has 0 aromatic carbocycles. The van der Waals surface area contributed by atoms with Crippen molar-refractivity contribution >= 4 is 21.6 Å². The minimum atomic E-state index is -0.161. The smallest absolute Gasteiger partial charge is 0.283 e. The normalized spacial score (nSPS) is 16.3. The summed E-state index contributed by atoms with van der Waals surface area (Å²) in [6.45, 7) is 4.56. The van der Waals surface area contributed by atoms with Crippen LogP contribution in [0.5, 0.6) is 0 Å². The van der Waals surface area contributed by atoms with E-state index in [0.717, 1.165) is 0 Å². The molecule has 6 heteroatoms. The average Bonchev–Trinajstić information content (AvgIpc) is 3.19. The molecule has 1 unspecified atom stereocenters. The highest BCUT2D eigenvalue weighted by Gasteiger charge is 2.30. The van der Waals surface area contributed by atoms with Gasteiger partial charge in [0, 0.05) is 12.6 Å². The third-order valence-electron chi connectivity index (χ3n) is 3.07. The van der Waals surface area contributed by atoms with Gasteiger partial charge in [0.2, 0.25) is 0 Å². The lowest BCUT2D eigenvalue weighted by Crippen LogP contribution is -2.32. The monoisotopic (exact) mass is 312 g/mol. The van der Waals surface area contributed by atoms with E-state index in [4.69, 9.17) is 5.73 Å². The Bertz CT molecular complexity index is 495. The van der Waals surface area contributed by atoms with Crippen LogP contribution < -0.4 is 16.6 Å². The number of rotatable bonds is 6. The van der Waals surface area contributed by atoms with Crippen LogP contribution in [0.1, 0.15) is 12.8 Å². The van der Waals surface area contributed by atoms with Gasteiger partial charge in [0.1, 0.15) is 4.47 Å². The van der Waals surface area contributed by atoms with E-state index in [0.29, 0.717) is 29.2 Å². The van der Waals surface area contributed by atoms with Gasteiger partial charge in [-0.25, -0.2) is 4.68 Å². The van der Waals surface area contributed by atoms with E-state index in [-0.39, 0.29) is 11.6 Å². The molecule has 2 rings (SSSR count). The molecule has 0 radical (unpaired) electrons. The van der Waals surface area contributed by atoms with Gasteiger partial charge in [-0.1, -0.05) is 6.08 Å². The highest BCUT2D eigenvalue weighted by Crippen LogP contribution is 2.34. The lowest BCUT2D eigenvalue weighted by atomic mass is 10.2. The molecule has 1 aromatic heterocycles. The van der Waals surface area contributed by atoms with E-state index < -0.39 is 0 Å². The summed E-state index contributed by atoms with van der Waals surface area (Å²) >= 11 is 3.32. The fourth-order valence-corrected chi connectivity index (χ4v) is 2.31. The van der Waals surface area contributed by atoms with Gasteiger partial charge in [-0.3, -0.25) is 4.79 Å². The first-order chi connectivity index (χ1) is 8.67. The van der Waals surface area contributed by atoms with Crippen molar-refractivity contribution in [3.05, 3.63) is 33.7 Å². The molecule has 1 heterocycles. The number of hydrogen-bond acceptors (Lipinski definition) is 4. The van der Waals surface area contributed by atoms with Crippen LogP contribution in [0, 0.1) is 5.92 Å². The maximum Gasteiger partial charge on any atom is 0.283 e. The van der Waals surface area contributed by atoms with Crippen molar-refractivity contribution in [2.75, 3.05) is 11.9 Å². The Balaban J connectivity index is 2.20. The molecular formula is C12H17BrN4O. The van der Waals surface area contributed by atoms with Crippen molar-refractivity contribution in [2.24, 2.45) is 11.7 Å². The van der Waals surface area contributed by atoms with E-state index in [9.17, 15) is 4.79 Å². The molecule has 0 aliphatic heterocycles. The van der Waals surface area contributed by atoms with Gasteiger partial charge >= 0.3 is 0 Å². The van der Waals surface area contributed by atoms with Crippen LogP contribution in [0.2, 0.25) is 0 Å². The summed E-state index contributed by atoms with van der Waals surface area (Å²) < 4.78 is 1.86. The van der Waals surface area contributed by atoms with Gasteiger partial charge in [-0.15, -0.1) is 6.58 Å². The number of anilines is 1. The van der Waals surface area contributed by atoms with E-state index in [2.05, 4.69) is 32.9 Å². The Morgan fingerprint density at radius 1 is 1.72 bits per heavy atom. The Morgan fingerprint density at radius 3 is 3.00 bits per heavy atom. The molecule has 1 aliphatic carbocycles. The summed E-state index contributed by atoms with van der Waals surface area (Å²) in [5, 5.41) is 7.39. The maximum absolute atomic E-state index is 12.0. The van der Waals surface area contributed by atoms with Crippen molar-refractivity contribution < 1.29 is 0 Å². The molecule has 5 nitrogen and oxygen atoms in total. The third kappa shape index (κ3) is 2.81. The standard InChI is InChI=1S/C12H17BrN4O/c1-2-5-17-12(18)11(13)10(7-15-17)16-9(6-14)8-3-4-8/h2,7-9,16H,1,3-6,14H2. The maximum atomic E-state index is 12.0. The highest BCUT2D eigenvalue weighted by molar-refractivity contribution is 9.10. The lowest BCUT2D eigenvalue weighted by molar-refractivity contribution is 0.629. The Labute approximate surface area is 114 Å². The molecule has 0 amide bonds. The fraction of sp³-hybridized carbons (Fsp3) is 0.500. The van der Waals surface area contributed by atoms with Gasteiger partial charge in [0.05, 0.1) is 18.4 Å². The molecule has 18 heavy (non-hydrogen) atoms. The zero-order chi connectivity index (χ0) is 13.1. The Kier molecular flexibility index (Phi) is 4.19. The molecule has 1 aromatic rings. The first-order valence-electron chi connectivity index (χ1n) is 6.00. The molecule has 1 saturated carbocycles. The topological polar surface area (TPSA) is 72.9 Å². The van der Waals surface area contributed by atoms with Crippen LogP contribution in [0.3, 0.4) is 0 Å². The van der Waals surface area contributed by atoms with Crippen molar-refractivity contribution in [1.29, 1.82) is 0 Å². The minimum absolute atomic E-state index is 0.161. The van der Waals surface area contributed by atoms with Crippen molar-refractivity contribution in [3.8, 4) is 0 Å². The lowest BCUT2D eigenvalue weighted by Gasteiger charge is -2.18. The molecule has 98 valence electrons. The summed E-state index contributed by atoms with van der Waals surface area (Å²) in [7, 11) is 0. The number of nitrogens with two attached hydrogens (primary N) is 1. The molecule has 0 saturated heterocycles. The average molecular weight is 313 g/mol. The van der Waals surface area contributed by atoms with Gasteiger partial charge in [0.25, 0.3) is 5.56 Å². The molecule has 3 N–H and O–H groups in total. The number of halogens is 1. The van der Waals surface area contributed by atoms with Crippen LogP contribution in [0.15, 0.2) is 28.1 Å². The molecule has 0 bridgehead atoms. The number of nitrogens with one attached hydrogen (secondary N) is 1. The SMILES string of the molecule is C=CCn1ncc(NC(CN)C2CC2)c(Br)c1=O. The largest absolute Gasteiger partial charge is 0.378 e. The van der Waals surface area contributed by atoms with Gasteiger partial charge in [-0.2, -0.15) is 5.10 Å². The molecular weight excluding hydrogens is 296 g/mol. The first-order valence-corrected chi connectivity index (χ1v) is 6.79. The Hall–Kier alpha value is -1.14. The summed E-state index contributed by atoms with van der Waals surface area (Å²) in [4.78, 5) is 12.0. The van der Waals surface area contributed by atoms with E-state index in [1.165, 1.54) is 17.5 Å². The van der Waals surface area contributed by atoms with Crippen LogP contribution in [-0.4, -0.2) is 22.4 Å². The van der Waals surface area contributed by atoms with Crippen LogP contribution in [0.4, 0.5) is 5.69 Å². The summed E-state index contributed by atoms with van der Waals surface area (Å²) in [5.41, 5.74) is 6.28. The van der Waals surface area contributed by atoms with Gasteiger partial charge in [-0.05, 0) is 34.7 Å². The van der Waals surface area contributed by atoms with Gasteiger partial charge in [0.15, 0.2) is 0 Å². The summed E-state index contributed by atoms with van der Waals surface area (Å²) in [6, 6.07) is 0.220. The second-order valence-corrected chi connectivity index (χ2v) is 5.27. The first kappa shape index (κ1) is 13.3. The molecule has 1 fully saturated rings. The zero-order valence-corrected chi connectivity index (χ0v) is 11.7. The number of hydrogen-bond donors (Lipinski definition) is 2. The second-order valence-electron chi connectivity index (χ2n) is 4.47. The summed E-state index contributed by atoms with van der Waals surface area (Å²) in [6.07, 6.45) is 5.70. The van der Waals surface area contributed by atoms with Gasteiger partial charge < -0.3 is 11.1 Å². The second kappa shape index (κ2) is 5.67. The predicted molar refractivity (Wildman–Crippen MR) is 75.6 cm³/mol. The van der Waals surface area contributed by atoms with Crippen LogP contribution in [-0.2, 0) is 6.54 Å². The molecule has 1 aliphatic rings. The number of aromatic nitrogens is 2. The third-order valence-corrected chi connectivity index (χ3v) is 3.84. The fourth-order valence-electron chi connectivity index (χ4n) is 1.89. The van der Waals surface area contributed by atoms with Crippen molar-refractivity contribution in [1.82, 2.24) is 9.78 Å². The van der Waals surface area contributed by atoms with E-state index in [1.54, 1.807) is 12.3 Å². The molecule has 0 spiro atoms. The quantitative estimate of drug-likeness (QED) is 0.778. The minimum Gasteiger partial charge on any atom is -0.378 e. The zero-order valence-electron chi connectivity index (χ0n) is 10.1. The number of nitrogens with zero attached hydrogens (tertiary/aromatic N) is 2. The van der Waals surface area contributed by atoms with Crippen molar-refractivity contribution in [2.45, 2.75) is 25.4 Å². The van der Waals surface area contributed by atoms with E-state index in [1.807, 2.05) is 0 Å². The van der Waals surface area contributed by atoms with E-state index >= 15 is 0 Å².